The van der Waals surface area contributed by atoms with Gasteiger partial charge < -0.3 is 15.2 Å². The molecule has 24 heavy (non-hydrogen) atoms. The van der Waals surface area contributed by atoms with Gasteiger partial charge in [0.25, 0.3) is 5.91 Å². The van der Waals surface area contributed by atoms with E-state index in [4.69, 9.17) is 9.84 Å². The Bertz CT molecular complexity index is 765. The van der Waals surface area contributed by atoms with Gasteiger partial charge in [-0.15, -0.1) is 0 Å². The van der Waals surface area contributed by atoms with Gasteiger partial charge in [0, 0.05) is 13.0 Å². The number of ether oxygens (including phenoxy) is 1. The number of carboxylic acids is 1. The number of aryl methyl sites for hydroxylation is 2. The second kappa shape index (κ2) is 6.35. The summed E-state index contributed by atoms with van der Waals surface area (Å²) < 4.78 is 5.75. The number of hydrogen-bond donors (Lipinski definition) is 2. The minimum atomic E-state index is -0.965. The molecular weight excluding hydrogens is 306 g/mol. The third-order valence-electron chi connectivity index (χ3n) is 4.31. The number of carbonyl (C=O) groups is 2. The molecule has 1 aliphatic heterocycles. The van der Waals surface area contributed by atoms with Gasteiger partial charge in [-0.05, 0) is 54.3 Å². The third-order valence-corrected chi connectivity index (χ3v) is 4.31. The van der Waals surface area contributed by atoms with Crippen LogP contribution in [0.5, 0.6) is 5.75 Å². The number of fused-ring (bicyclic) bond motifs is 1. The zero-order valence-electron chi connectivity index (χ0n) is 13.6. The van der Waals surface area contributed by atoms with Crippen molar-refractivity contribution in [1.29, 1.82) is 0 Å². The number of aromatic carboxylic acids is 1. The summed E-state index contributed by atoms with van der Waals surface area (Å²) in [6, 6.07) is 10.5. The van der Waals surface area contributed by atoms with Crippen molar-refractivity contribution >= 4 is 11.9 Å². The molecule has 1 heterocycles. The van der Waals surface area contributed by atoms with Gasteiger partial charge in [-0.1, -0.05) is 18.2 Å². The first-order valence-corrected chi connectivity index (χ1v) is 7.81. The number of nitrogens with one attached hydrogen (secondary N) is 1. The number of hydrogen-bond acceptors (Lipinski definition) is 3. The SMILES string of the molecule is Cc1cc2c(cc1C)OC(C(=O)NCc1ccc(C(=O)O)cc1)C2. The number of carboxylic acid groups (broad SMARTS) is 1. The molecule has 0 aromatic heterocycles. The van der Waals surface area contributed by atoms with Gasteiger partial charge in [0.1, 0.15) is 5.75 Å². The highest BCUT2D eigenvalue weighted by atomic mass is 16.5. The zero-order chi connectivity index (χ0) is 17.3. The lowest BCUT2D eigenvalue weighted by atomic mass is 10.0. The lowest BCUT2D eigenvalue weighted by Gasteiger charge is -2.11. The molecule has 1 unspecified atom stereocenters. The first kappa shape index (κ1) is 16.1. The average molecular weight is 325 g/mol. The largest absolute Gasteiger partial charge is 0.480 e. The van der Waals surface area contributed by atoms with Crippen LogP contribution in [0, 0.1) is 13.8 Å². The van der Waals surface area contributed by atoms with E-state index >= 15 is 0 Å². The molecule has 1 aliphatic rings. The second-order valence-electron chi connectivity index (χ2n) is 6.07. The van der Waals surface area contributed by atoms with Crippen LogP contribution in [0.25, 0.3) is 0 Å². The van der Waals surface area contributed by atoms with Crippen LogP contribution in [-0.4, -0.2) is 23.1 Å². The third kappa shape index (κ3) is 3.25. The van der Waals surface area contributed by atoms with Crippen LogP contribution in [-0.2, 0) is 17.8 Å². The number of carbonyl (C=O) groups excluding carboxylic acids is 1. The Labute approximate surface area is 140 Å². The van der Waals surface area contributed by atoms with Gasteiger partial charge in [-0.2, -0.15) is 0 Å². The van der Waals surface area contributed by atoms with Crippen LogP contribution in [0.2, 0.25) is 0 Å². The summed E-state index contributed by atoms with van der Waals surface area (Å²) in [5, 5.41) is 11.7. The van der Waals surface area contributed by atoms with E-state index in [-0.39, 0.29) is 11.5 Å². The first-order chi connectivity index (χ1) is 11.4. The molecule has 2 aromatic rings. The Kier molecular flexibility index (Phi) is 4.25. The number of benzene rings is 2. The van der Waals surface area contributed by atoms with Crippen LogP contribution in [0.15, 0.2) is 36.4 Å². The van der Waals surface area contributed by atoms with Gasteiger partial charge in [-0.25, -0.2) is 4.79 Å². The predicted octanol–water partition coefficient (Wildman–Crippen LogP) is 2.62. The Morgan fingerprint density at radius 1 is 1.17 bits per heavy atom. The van der Waals surface area contributed by atoms with Gasteiger partial charge in [0.05, 0.1) is 5.56 Å². The van der Waals surface area contributed by atoms with E-state index in [1.807, 2.05) is 19.9 Å². The number of amides is 1. The molecule has 5 nitrogen and oxygen atoms in total. The molecule has 2 N–H and O–H groups in total. The summed E-state index contributed by atoms with van der Waals surface area (Å²) in [7, 11) is 0. The van der Waals surface area contributed by atoms with Gasteiger partial charge in [0.2, 0.25) is 0 Å². The van der Waals surface area contributed by atoms with Crippen molar-refractivity contribution < 1.29 is 19.4 Å². The van der Waals surface area contributed by atoms with E-state index < -0.39 is 12.1 Å². The monoisotopic (exact) mass is 325 g/mol. The lowest BCUT2D eigenvalue weighted by Crippen LogP contribution is -2.37. The Balaban J connectivity index is 1.59. The van der Waals surface area contributed by atoms with Crippen molar-refractivity contribution in [3.63, 3.8) is 0 Å². The van der Waals surface area contributed by atoms with Gasteiger partial charge in [-0.3, -0.25) is 4.79 Å². The fourth-order valence-corrected chi connectivity index (χ4v) is 2.73. The zero-order valence-corrected chi connectivity index (χ0v) is 13.6. The van der Waals surface area contributed by atoms with Crippen molar-refractivity contribution in [3.8, 4) is 5.75 Å². The van der Waals surface area contributed by atoms with Crippen molar-refractivity contribution in [2.24, 2.45) is 0 Å². The predicted molar refractivity (Wildman–Crippen MR) is 89.3 cm³/mol. The van der Waals surface area contributed by atoms with E-state index in [0.29, 0.717) is 13.0 Å². The van der Waals surface area contributed by atoms with Crippen LogP contribution in [0.4, 0.5) is 0 Å². The molecule has 0 saturated carbocycles. The van der Waals surface area contributed by atoms with E-state index in [1.54, 1.807) is 12.1 Å². The summed E-state index contributed by atoms with van der Waals surface area (Å²) in [6.07, 6.45) is 0.0553. The Morgan fingerprint density at radius 2 is 1.83 bits per heavy atom. The van der Waals surface area contributed by atoms with Gasteiger partial charge >= 0.3 is 5.97 Å². The van der Waals surface area contributed by atoms with Crippen LogP contribution in [0.3, 0.4) is 0 Å². The molecule has 0 bridgehead atoms. The van der Waals surface area contributed by atoms with Crippen molar-refractivity contribution in [2.75, 3.05) is 0 Å². The molecular formula is C19H19NO4. The summed E-state index contributed by atoms with van der Waals surface area (Å²) in [6.45, 7) is 4.41. The lowest BCUT2D eigenvalue weighted by molar-refractivity contribution is -0.127. The fourth-order valence-electron chi connectivity index (χ4n) is 2.73. The Morgan fingerprint density at radius 3 is 2.50 bits per heavy atom. The fraction of sp³-hybridized carbons (Fsp3) is 0.263. The van der Waals surface area contributed by atoms with E-state index in [0.717, 1.165) is 22.4 Å². The molecule has 0 saturated heterocycles. The highest BCUT2D eigenvalue weighted by molar-refractivity contribution is 5.87. The topological polar surface area (TPSA) is 75.6 Å². The van der Waals surface area contributed by atoms with Crippen molar-refractivity contribution in [1.82, 2.24) is 5.32 Å². The molecule has 0 spiro atoms. The first-order valence-electron chi connectivity index (χ1n) is 7.81. The van der Waals surface area contributed by atoms with E-state index in [2.05, 4.69) is 11.4 Å². The molecule has 1 amide bonds. The maximum absolute atomic E-state index is 12.3. The molecule has 0 radical (unpaired) electrons. The second-order valence-corrected chi connectivity index (χ2v) is 6.07. The average Bonchev–Trinajstić information content (AvgIpc) is 2.96. The number of rotatable bonds is 4. The standard InChI is InChI=1S/C19H19NO4/c1-11-7-15-9-17(24-16(15)8-12(11)2)18(21)20-10-13-3-5-14(6-4-13)19(22)23/h3-8,17H,9-10H2,1-2H3,(H,20,21)(H,22,23). The minimum absolute atomic E-state index is 0.163. The molecule has 2 aromatic carbocycles. The summed E-state index contributed by atoms with van der Waals surface area (Å²) in [5.41, 5.74) is 4.47. The maximum Gasteiger partial charge on any atom is 0.335 e. The van der Waals surface area contributed by atoms with E-state index in [1.165, 1.54) is 17.7 Å². The summed E-state index contributed by atoms with van der Waals surface area (Å²) in [5.74, 6) is -0.346. The van der Waals surface area contributed by atoms with Gasteiger partial charge in [0.15, 0.2) is 6.10 Å². The van der Waals surface area contributed by atoms with Crippen LogP contribution in [0.1, 0.15) is 32.6 Å². The van der Waals surface area contributed by atoms with Crippen molar-refractivity contribution in [3.05, 3.63) is 64.2 Å². The van der Waals surface area contributed by atoms with Crippen molar-refractivity contribution in [2.45, 2.75) is 32.9 Å². The molecule has 124 valence electrons. The quantitative estimate of drug-likeness (QED) is 0.906. The molecule has 3 rings (SSSR count). The highest BCUT2D eigenvalue weighted by Crippen LogP contribution is 2.31. The smallest absolute Gasteiger partial charge is 0.335 e. The highest BCUT2D eigenvalue weighted by Gasteiger charge is 2.29. The normalized spacial score (nSPS) is 15.5. The maximum atomic E-state index is 12.3. The van der Waals surface area contributed by atoms with Crippen LogP contribution >= 0.6 is 0 Å². The Hall–Kier alpha value is -2.82. The molecule has 0 fully saturated rings. The minimum Gasteiger partial charge on any atom is -0.480 e. The van der Waals surface area contributed by atoms with Crippen LogP contribution < -0.4 is 10.1 Å². The summed E-state index contributed by atoms with van der Waals surface area (Å²) in [4.78, 5) is 23.1. The molecule has 5 heteroatoms. The summed E-state index contributed by atoms with van der Waals surface area (Å²) >= 11 is 0. The molecule has 0 aliphatic carbocycles. The molecule has 1 atom stereocenters. The van der Waals surface area contributed by atoms with E-state index in [9.17, 15) is 9.59 Å².